The maximum atomic E-state index is 5.76. The number of rotatable bonds is 1. The van der Waals surface area contributed by atoms with Crippen molar-refractivity contribution >= 4 is 11.5 Å². The number of hydrogen-bond acceptors (Lipinski definition) is 4. The van der Waals surface area contributed by atoms with Crippen molar-refractivity contribution in [2.45, 2.75) is 12.3 Å². The fourth-order valence-corrected chi connectivity index (χ4v) is 2.81. The van der Waals surface area contributed by atoms with Crippen LogP contribution in [0.5, 0.6) is 0 Å². The van der Waals surface area contributed by atoms with Gasteiger partial charge in [-0.1, -0.05) is 12.2 Å². The lowest BCUT2D eigenvalue weighted by molar-refractivity contribution is 0.777. The molecular weight excluding hydrogens is 202 g/mol. The van der Waals surface area contributed by atoms with Crippen molar-refractivity contribution < 1.29 is 0 Å². The lowest BCUT2D eigenvalue weighted by atomic mass is 10.2. The topological polar surface area (TPSA) is 69.1 Å². The minimum absolute atomic E-state index is 0.447. The summed E-state index contributed by atoms with van der Waals surface area (Å²) in [6, 6.07) is 0. The molecule has 2 heterocycles. The summed E-state index contributed by atoms with van der Waals surface area (Å²) < 4.78 is 1.97. The van der Waals surface area contributed by atoms with Gasteiger partial charge in [-0.05, 0) is 18.3 Å². The van der Waals surface area contributed by atoms with Crippen LogP contribution in [0, 0.1) is 11.8 Å². The Morgan fingerprint density at radius 3 is 3.12 bits per heavy atom. The highest BCUT2D eigenvalue weighted by molar-refractivity contribution is 5.59. The predicted octanol–water partition coefficient (Wildman–Crippen LogP) is 0.996. The predicted molar refractivity (Wildman–Crippen MR) is 58.7 cm³/mol. The highest BCUT2D eigenvalue weighted by Crippen LogP contribution is 2.59. The zero-order chi connectivity index (χ0) is 10.7. The zero-order valence-electron chi connectivity index (χ0n) is 8.61. The Hall–Kier alpha value is -1.91. The Bertz CT molecular complexity index is 599. The Labute approximate surface area is 92.0 Å². The van der Waals surface area contributed by atoms with E-state index < -0.39 is 0 Å². The molecule has 2 aliphatic rings. The molecule has 2 aliphatic carbocycles. The van der Waals surface area contributed by atoms with E-state index in [9.17, 15) is 0 Å². The van der Waals surface area contributed by atoms with Crippen molar-refractivity contribution in [2.75, 3.05) is 5.73 Å². The first-order valence-electron chi connectivity index (χ1n) is 5.48. The largest absolute Gasteiger partial charge is 0.381 e. The summed E-state index contributed by atoms with van der Waals surface area (Å²) >= 11 is 0. The summed E-state index contributed by atoms with van der Waals surface area (Å²) in [5.41, 5.74) is 6.43. The van der Waals surface area contributed by atoms with E-state index in [2.05, 4.69) is 27.3 Å². The number of fused-ring (bicyclic) bond motifs is 2. The van der Waals surface area contributed by atoms with Gasteiger partial charge in [-0.2, -0.15) is 0 Å². The van der Waals surface area contributed by atoms with Gasteiger partial charge < -0.3 is 5.73 Å². The van der Waals surface area contributed by atoms with Crippen LogP contribution in [-0.4, -0.2) is 19.6 Å². The van der Waals surface area contributed by atoms with Gasteiger partial charge in [-0.25, -0.2) is 4.98 Å². The number of hydrogen-bond donors (Lipinski definition) is 1. The van der Waals surface area contributed by atoms with Gasteiger partial charge in [0.1, 0.15) is 5.82 Å². The number of nitrogen functional groups attached to an aromatic ring is 1. The van der Waals surface area contributed by atoms with Crippen LogP contribution in [0.3, 0.4) is 0 Å². The molecule has 2 N–H and O–H groups in total. The summed E-state index contributed by atoms with van der Waals surface area (Å²) in [5, 5.41) is 8.37. The van der Waals surface area contributed by atoms with Gasteiger partial charge in [0.2, 0.25) is 5.65 Å². The summed E-state index contributed by atoms with van der Waals surface area (Å²) in [6.45, 7) is 0. The smallest absolute Gasteiger partial charge is 0.203 e. The molecule has 0 spiro atoms. The third-order valence-corrected chi connectivity index (χ3v) is 3.67. The molecule has 0 aromatic carbocycles. The standard InChI is InChI=1S/C11H11N5/c12-9-11-15-14-10(16(11)5-4-13-9)8-6-2-1-3-7(6)8/h1-2,4-8H,3H2,(H2,12,13)/t6-,7+,8+/m0/s1. The average molecular weight is 213 g/mol. The molecule has 5 heteroatoms. The molecule has 5 nitrogen and oxygen atoms in total. The van der Waals surface area contributed by atoms with E-state index in [4.69, 9.17) is 5.73 Å². The van der Waals surface area contributed by atoms with Crippen LogP contribution >= 0.6 is 0 Å². The second-order valence-electron chi connectivity index (χ2n) is 4.50. The molecular formula is C11H11N5. The molecule has 0 aliphatic heterocycles. The number of anilines is 1. The summed E-state index contributed by atoms with van der Waals surface area (Å²) in [4.78, 5) is 4.01. The molecule has 0 radical (unpaired) electrons. The number of nitrogens with zero attached hydrogens (tertiary/aromatic N) is 4. The maximum Gasteiger partial charge on any atom is 0.203 e. The van der Waals surface area contributed by atoms with Gasteiger partial charge >= 0.3 is 0 Å². The van der Waals surface area contributed by atoms with Crippen LogP contribution in [0.2, 0.25) is 0 Å². The Kier molecular flexibility index (Phi) is 1.35. The van der Waals surface area contributed by atoms with Gasteiger partial charge in [-0.3, -0.25) is 4.40 Å². The minimum atomic E-state index is 0.447. The highest BCUT2D eigenvalue weighted by Gasteiger charge is 2.53. The molecule has 2 aromatic heterocycles. The van der Waals surface area contributed by atoms with Crippen LogP contribution in [0.15, 0.2) is 24.5 Å². The van der Waals surface area contributed by atoms with Crippen LogP contribution < -0.4 is 5.73 Å². The van der Waals surface area contributed by atoms with Gasteiger partial charge in [0.25, 0.3) is 0 Å². The Morgan fingerprint density at radius 1 is 1.38 bits per heavy atom. The van der Waals surface area contributed by atoms with Crippen LogP contribution in [0.25, 0.3) is 5.65 Å². The van der Waals surface area contributed by atoms with Crippen LogP contribution in [0.4, 0.5) is 5.82 Å². The van der Waals surface area contributed by atoms with E-state index in [1.165, 1.54) is 6.42 Å². The van der Waals surface area contributed by atoms with E-state index in [1.54, 1.807) is 6.20 Å². The SMILES string of the molecule is Nc1nccn2c([C@@H]3[C@H]4C=CC[C@H]43)nnc12. The fourth-order valence-electron chi connectivity index (χ4n) is 2.81. The summed E-state index contributed by atoms with van der Waals surface area (Å²) in [6.07, 6.45) is 9.30. The van der Waals surface area contributed by atoms with Crippen molar-refractivity contribution in [3.8, 4) is 0 Å². The quantitative estimate of drug-likeness (QED) is 0.717. The Morgan fingerprint density at radius 2 is 2.31 bits per heavy atom. The highest BCUT2D eigenvalue weighted by atomic mass is 15.3. The molecule has 0 unspecified atom stereocenters. The van der Waals surface area contributed by atoms with E-state index in [0.717, 1.165) is 11.7 Å². The molecule has 16 heavy (non-hydrogen) atoms. The molecule has 0 bridgehead atoms. The van der Waals surface area contributed by atoms with E-state index in [1.807, 2.05) is 10.6 Å². The fraction of sp³-hybridized carbons (Fsp3) is 0.364. The van der Waals surface area contributed by atoms with Crippen molar-refractivity contribution in [1.82, 2.24) is 19.6 Å². The molecule has 3 atom stereocenters. The first kappa shape index (κ1) is 8.27. The van der Waals surface area contributed by atoms with Crippen molar-refractivity contribution in [3.05, 3.63) is 30.4 Å². The average Bonchev–Trinajstić information content (AvgIpc) is 2.73. The number of allylic oxidation sites excluding steroid dienone is 2. The Balaban J connectivity index is 1.87. The van der Waals surface area contributed by atoms with Gasteiger partial charge in [0.15, 0.2) is 5.82 Å². The summed E-state index contributed by atoms with van der Waals surface area (Å²) in [5.74, 6) is 3.41. The molecule has 2 aromatic rings. The summed E-state index contributed by atoms with van der Waals surface area (Å²) in [7, 11) is 0. The lowest BCUT2D eigenvalue weighted by Gasteiger charge is -2.00. The molecule has 1 fully saturated rings. The molecule has 80 valence electrons. The normalized spacial score (nSPS) is 30.9. The molecule has 1 saturated carbocycles. The molecule has 0 saturated heterocycles. The van der Waals surface area contributed by atoms with E-state index in [0.29, 0.717) is 23.3 Å². The van der Waals surface area contributed by atoms with Crippen molar-refractivity contribution in [3.63, 3.8) is 0 Å². The molecule has 0 amide bonds. The van der Waals surface area contributed by atoms with E-state index in [-0.39, 0.29) is 0 Å². The second-order valence-corrected chi connectivity index (χ2v) is 4.50. The van der Waals surface area contributed by atoms with Gasteiger partial charge in [-0.15, -0.1) is 10.2 Å². The number of nitrogens with two attached hydrogens (primary N) is 1. The van der Waals surface area contributed by atoms with E-state index >= 15 is 0 Å². The van der Waals surface area contributed by atoms with Gasteiger partial charge in [0.05, 0.1) is 0 Å². The first-order valence-corrected chi connectivity index (χ1v) is 5.48. The first-order chi connectivity index (χ1) is 7.86. The zero-order valence-corrected chi connectivity index (χ0v) is 8.61. The lowest BCUT2D eigenvalue weighted by Crippen LogP contribution is -1.99. The second kappa shape index (κ2) is 2.61. The third kappa shape index (κ3) is 0.881. The van der Waals surface area contributed by atoms with Gasteiger partial charge in [0, 0.05) is 18.3 Å². The van der Waals surface area contributed by atoms with Crippen molar-refractivity contribution in [2.24, 2.45) is 11.8 Å². The third-order valence-electron chi connectivity index (χ3n) is 3.67. The van der Waals surface area contributed by atoms with Crippen molar-refractivity contribution in [1.29, 1.82) is 0 Å². The maximum absolute atomic E-state index is 5.76. The molecule has 4 rings (SSSR count). The minimum Gasteiger partial charge on any atom is -0.381 e. The number of aromatic nitrogens is 4. The monoisotopic (exact) mass is 213 g/mol. The van der Waals surface area contributed by atoms with Crippen LogP contribution in [0.1, 0.15) is 18.2 Å². The van der Waals surface area contributed by atoms with Crippen LogP contribution in [-0.2, 0) is 0 Å².